The minimum absolute atomic E-state index is 0.0960. The van der Waals surface area contributed by atoms with E-state index in [4.69, 9.17) is 23.2 Å². The molecule has 8 heteroatoms. The van der Waals surface area contributed by atoms with E-state index in [1.807, 2.05) is 47.8 Å². The van der Waals surface area contributed by atoms with Crippen LogP contribution in [-0.2, 0) is 17.9 Å². The Morgan fingerprint density at radius 3 is 2.44 bits per heavy atom. The first kappa shape index (κ1) is 23.9. The lowest BCUT2D eigenvalue weighted by atomic mass is 10.2. The number of carbonyl (C=O) groups excluding carboxylic acids is 2. The number of amides is 3. The summed E-state index contributed by atoms with van der Waals surface area (Å²) in [7, 11) is 0. The van der Waals surface area contributed by atoms with Crippen LogP contribution < -0.4 is 5.32 Å². The minimum Gasteiger partial charge on any atom is -0.332 e. The van der Waals surface area contributed by atoms with Crippen molar-refractivity contribution in [3.63, 3.8) is 0 Å². The van der Waals surface area contributed by atoms with Gasteiger partial charge in [-0.25, -0.2) is 4.79 Å². The van der Waals surface area contributed by atoms with Crippen LogP contribution in [0.4, 0.5) is 10.5 Å². The number of carbonyl (C=O) groups is 2. The molecule has 0 saturated heterocycles. The van der Waals surface area contributed by atoms with Crippen molar-refractivity contribution in [2.75, 3.05) is 18.4 Å². The molecule has 3 amide bonds. The highest BCUT2D eigenvalue weighted by Gasteiger charge is 2.22. The molecule has 2 aromatic carbocycles. The predicted octanol–water partition coefficient (Wildman–Crippen LogP) is 6.30. The smallest absolute Gasteiger partial charge is 0.322 e. The van der Waals surface area contributed by atoms with Crippen LogP contribution in [0, 0.1) is 0 Å². The molecule has 0 aliphatic carbocycles. The third kappa shape index (κ3) is 6.85. The van der Waals surface area contributed by atoms with Crippen LogP contribution in [0.5, 0.6) is 0 Å². The molecule has 3 aromatic rings. The highest BCUT2D eigenvalue weighted by molar-refractivity contribution is 7.09. The second-order valence-electron chi connectivity index (χ2n) is 7.04. The number of rotatable bonds is 9. The van der Waals surface area contributed by atoms with E-state index >= 15 is 0 Å². The molecule has 0 bridgehead atoms. The van der Waals surface area contributed by atoms with Gasteiger partial charge in [-0.1, -0.05) is 65.7 Å². The van der Waals surface area contributed by atoms with Gasteiger partial charge in [0.25, 0.3) is 0 Å². The van der Waals surface area contributed by atoms with Crippen LogP contribution >= 0.6 is 34.5 Å². The van der Waals surface area contributed by atoms with Crippen molar-refractivity contribution < 1.29 is 9.59 Å². The first-order chi connectivity index (χ1) is 15.5. The zero-order valence-corrected chi connectivity index (χ0v) is 19.7. The van der Waals surface area contributed by atoms with Crippen LogP contribution in [0.3, 0.4) is 0 Å². The average Bonchev–Trinajstić information content (AvgIpc) is 3.29. The Hall–Kier alpha value is -2.80. The van der Waals surface area contributed by atoms with Gasteiger partial charge in [0.1, 0.15) is 6.54 Å². The summed E-state index contributed by atoms with van der Waals surface area (Å²) in [5, 5.41) is 5.51. The van der Waals surface area contributed by atoms with Crippen LogP contribution in [0.1, 0.15) is 10.4 Å². The summed E-state index contributed by atoms with van der Waals surface area (Å²) in [6.45, 7) is 4.74. The lowest BCUT2D eigenvalue weighted by Crippen LogP contribution is -2.44. The molecule has 0 radical (unpaired) electrons. The van der Waals surface area contributed by atoms with Crippen LogP contribution in [0.25, 0.3) is 0 Å². The number of anilines is 1. The predicted molar refractivity (Wildman–Crippen MR) is 132 cm³/mol. The monoisotopic (exact) mass is 487 g/mol. The second-order valence-corrected chi connectivity index (χ2v) is 8.91. The summed E-state index contributed by atoms with van der Waals surface area (Å²) in [5.41, 5.74) is 1.44. The van der Waals surface area contributed by atoms with Crippen LogP contribution in [-0.4, -0.2) is 34.8 Å². The minimum atomic E-state index is -0.446. The summed E-state index contributed by atoms with van der Waals surface area (Å²) < 4.78 is 0. The van der Waals surface area contributed by atoms with E-state index in [-0.39, 0.29) is 19.0 Å². The van der Waals surface area contributed by atoms with Gasteiger partial charge in [0.05, 0.1) is 17.3 Å². The maximum atomic E-state index is 13.3. The van der Waals surface area contributed by atoms with Gasteiger partial charge in [-0.05, 0) is 35.2 Å². The molecule has 166 valence electrons. The molecule has 0 fully saturated rings. The molecule has 32 heavy (non-hydrogen) atoms. The molecule has 3 rings (SSSR count). The Bertz CT molecular complexity index is 1060. The highest BCUT2D eigenvalue weighted by Crippen LogP contribution is 2.25. The number of nitrogens with one attached hydrogen (secondary N) is 1. The Kier molecular flexibility index (Phi) is 8.73. The number of thiophene rings is 1. The van der Waals surface area contributed by atoms with Crippen molar-refractivity contribution >= 4 is 52.2 Å². The molecular formula is C24H23Cl2N3O2S. The SMILES string of the molecule is C=CCN(CC(=O)N(Cc1ccccc1)Cc1cccs1)C(=O)Nc1ccc(Cl)cc1Cl. The maximum Gasteiger partial charge on any atom is 0.322 e. The van der Waals surface area contributed by atoms with Gasteiger partial charge in [0.15, 0.2) is 0 Å². The average molecular weight is 488 g/mol. The fourth-order valence-corrected chi connectivity index (χ4v) is 4.23. The summed E-state index contributed by atoms with van der Waals surface area (Å²) in [5.74, 6) is -0.165. The van der Waals surface area contributed by atoms with Gasteiger partial charge >= 0.3 is 6.03 Å². The quantitative estimate of drug-likeness (QED) is 0.359. The van der Waals surface area contributed by atoms with E-state index < -0.39 is 6.03 Å². The van der Waals surface area contributed by atoms with E-state index in [1.165, 1.54) is 4.90 Å². The zero-order valence-electron chi connectivity index (χ0n) is 17.3. The van der Waals surface area contributed by atoms with Crippen LogP contribution in [0.15, 0.2) is 78.7 Å². The first-order valence-corrected chi connectivity index (χ1v) is 11.6. The van der Waals surface area contributed by atoms with Gasteiger partial charge in [0.2, 0.25) is 5.91 Å². The molecule has 0 aliphatic heterocycles. The van der Waals surface area contributed by atoms with Gasteiger partial charge in [-0.15, -0.1) is 17.9 Å². The molecule has 1 N–H and O–H groups in total. The third-order valence-electron chi connectivity index (χ3n) is 4.63. The summed E-state index contributed by atoms with van der Waals surface area (Å²) in [6.07, 6.45) is 1.58. The lowest BCUT2D eigenvalue weighted by Gasteiger charge is -2.27. The van der Waals surface area contributed by atoms with Crippen molar-refractivity contribution in [2.24, 2.45) is 0 Å². The lowest BCUT2D eigenvalue weighted by molar-refractivity contribution is -0.132. The fraction of sp³-hybridized carbons (Fsp3) is 0.167. The van der Waals surface area contributed by atoms with Crippen molar-refractivity contribution in [1.29, 1.82) is 0 Å². The van der Waals surface area contributed by atoms with Gasteiger partial charge in [-0.2, -0.15) is 0 Å². The highest BCUT2D eigenvalue weighted by atomic mass is 35.5. The van der Waals surface area contributed by atoms with E-state index in [1.54, 1.807) is 40.5 Å². The van der Waals surface area contributed by atoms with Gasteiger partial charge < -0.3 is 15.1 Å². The number of halogens is 2. The number of nitrogens with zero attached hydrogens (tertiary/aromatic N) is 2. The Balaban J connectivity index is 1.74. The van der Waals surface area contributed by atoms with E-state index in [0.717, 1.165) is 10.4 Å². The molecule has 0 unspecified atom stereocenters. The van der Waals surface area contributed by atoms with Crippen LogP contribution in [0.2, 0.25) is 10.0 Å². The van der Waals surface area contributed by atoms with Crippen molar-refractivity contribution in [3.8, 4) is 0 Å². The molecular weight excluding hydrogens is 465 g/mol. The van der Waals surface area contributed by atoms with Crippen molar-refractivity contribution in [1.82, 2.24) is 9.80 Å². The molecule has 0 saturated carbocycles. The Morgan fingerprint density at radius 1 is 1.00 bits per heavy atom. The Labute approximate surface area is 201 Å². The molecule has 0 atom stereocenters. The molecule has 5 nitrogen and oxygen atoms in total. The maximum absolute atomic E-state index is 13.3. The summed E-state index contributed by atoms with van der Waals surface area (Å²) in [4.78, 5) is 30.4. The summed E-state index contributed by atoms with van der Waals surface area (Å²) >= 11 is 13.7. The molecule has 0 spiro atoms. The second kappa shape index (κ2) is 11.7. The number of benzene rings is 2. The number of hydrogen-bond donors (Lipinski definition) is 1. The van der Waals surface area contributed by atoms with Crippen molar-refractivity contribution in [2.45, 2.75) is 13.1 Å². The normalized spacial score (nSPS) is 10.4. The molecule has 1 heterocycles. The summed E-state index contributed by atoms with van der Waals surface area (Å²) in [6, 6.07) is 18.1. The van der Waals surface area contributed by atoms with E-state index in [2.05, 4.69) is 11.9 Å². The third-order valence-corrected chi connectivity index (χ3v) is 6.04. The van der Waals surface area contributed by atoms with Crippen molar-refractivity contribution in [3.05, 3.63) is 99.2 Å². The molecule has 0 aliphatic rings. The molecule has 1 aromatic heterocycles. The largest absolute Gasteiger partial charge is 0.332 e. The Morgan fingerprint density at radius 2 is 1.78 bits per heavy atom. The van der Waals surface area contributed by atoms with E-state index in [9.17, 15) is 9.59 Å². The van der Waals surface area contributed by atoms with Gasteiger partial charge in [0, 0.05) is 23.0 Å². The van der Waals surface area contributed by atoms with E-state index in [0.29, 0.717) is 28.8 Å². The number of urea groups is 1. The zero-order chi connectivity index (χ0) is 22.9. The topological polar surface area (TPSA) is 52.7 Å². The first-order valence-electron chi connectivity index (χ1n) is 9.92. The fourth-order valence-electron chi connectivity index (χ4n) is 3.05. The number of hydrogen-bond acceptors (Lipinski definition) is 3. The standard InChI is InChI=1S/C24H23Cl2N3O2S/c1-2-12-28(24(31)27-22-11-10-19(25)14-21(22)26)17-23(30)29(16-20-9-6-13-32-20)15-18-7-4-3-5-8-18/h2-11,13-14H,1,12,15-17H2,(H,27,31). The van der Waals surface area contributed by atoms with Gasteiger partial charge in [-0.3, -0.25) is 4.79 Å².